The Balaban J connectivity index is 1.71. The van der Waals surface area contributed by atoms with Crippen LogP contribution in [0.15, 0.2) is 48.9 Å². The first-order valence-electron chi connectivity index (χ1n) is 7.55. The summed E-state index contributed by atoms with van der Waals surface area (Å²) in [6, 6.07) is 6.94. The van der Waals surface area contributed by atoms with Gasteiger partial charge in [0.1, 0.15) is 5.82 Å². The number of carbonyl (C=O) groups excluding carboxylic acids is 1. The molecule has 0 saturated heterocycles. The molecular weight excluding hydrogens is 327 g/mol. The maximum absolute atomic E-state index is 13.6. The highest BCUT2D eigenvalue weighted by atomic mass is 19.1. The van der Waals surface area contributed by atoms with Gasteiger partial charge in [-0.2, -0.15) is 10.2 Å². The Morgan fingerprint density at radius 2 is 2.16 bits per heavy atom. The second kappa shape index (κ2) is 7.58. The van der Waals surface area contributed by atoms with E-state index in [-0.39, 0.29) is 0 Å². The maximum Gasteiger partial charge on any atom is 0.324 e. The number of carbonyl (C=O) groups is 1. The summed E-state index contributed by atoms with van der Waals surface area (Å²) in [4.78, 5) is 12.2. The molecule has 0 spiro atoms. The van der Waals surface area contributed by atoms with Gasteiger partial charge in [0.2, 0.25) is 0 Å². The Morgan fingerprint density at radius 1 is 1.28 bits per heavy atom. The summed E-state index contributed by atoms with van der Waals surface area (Å²) in [7, 11) is 1.60. The molecule has 2 amide bonds. The number of benzene rings is 1. The van der Waals surface area contributed by atoms with E-state index in [4.69, 9.17) is 4.74 Å². The quantitative estimate of drug-likeness (QED) is 0.719. The van der Waals surface area contributed by atoms with Crippen LogP contribution < -0.4 is 10.6 Å². The summed E-state index contributed by atoms with van der Waals surface area (Å²) in [5.74, 6) is -0.0827. The number of hydrogen-bond donors (Lipinski definition) is 2. The highest BCUT2D eigenvalue weighted by Gasteiger charge is 2.11. The highest BCUT2D eigenvalue weighted by Crippen LogP contribution is 2.21. The van der Waals surface area contributed by atoms with Crippen molar-refractivity contribution in [2.24, 2.45) is 0 Å². The monoisotopic (exact) mass is 344 g/mol. The van der Waals surface area contributed by atoms with Crippen molar-refractivity contribution in [3.05, 3.63) is 54.7 Å². The molecule has 0 atom stereocenters. The maximum atomic E-state index is 13.6. The van der Waals surface area contributed by atoms with Gasteiger partial charge in [-0.05, 0) is 24.3 Å². The first kappa shape index (κ1) is 16.7. The highest BCUT2D eigenvalue weighted by molar-refractivity contribution is 6.00. The van der Waals surface area contributed by atoms with Gasteiger partial charge in [0, 0.05) is 31.8 Å². The molecule has 0 radical (unpaired) electrons. The zero-order chi connectivity index (χ0) is 17.6. The molecule has 3 rings (SSSR count). The van der Waals surface area contributed by atoms with Gasteiger partial charge in [0.15, 0.2) is 5.82 Å². The third-order valence-electron chi connectivity index (χ3n) is 3.36. The van der Waals surface area contributed by atoms with Crippen LogP contribution in [0.5, 0.6) is 0 Å². The molecule has 0 fully saturated rings. The molecule has 2 heterocycles. The predicted molar refractivity (Wildman–Crippen MR) is 90.3 cm³/mol. The molecule has 25 heavy (non-hydrogen) atoms. The van der Waals surface area contributed by atoms with Gasteiger partial charge < -0.3 is 10.1 Å². The summed E-state index contributed by atoms with van der Waals surface area (Å²) < 4.78 is 21.7. The van der Waals surface area contributed by atoms with Crippen molar-refractivity contribution in [2.45, 2.75) is 6.54 Å². The Bertz CT molecular complexity index is 846. The van der Waals surface area contributed by atoms with E-state index in [1.54, 1.807) is 42.5 Å². The molecule has 9 heteroatoms. The van der Waals surface area contributed by atoms with Gasteiger partial charge in [-0.1, -0.05) is 0 Å². The number of amides is 2. The van der Waals surface area contributed by atoms with Crippen molar-refractivity contribution in [2.75, 3.05) is 24.4 Å². The van der Waals surface area contributed by atoms with Crippen molar-refractivity contribution in [1.82, 2.24) is 19.6 Å². The molecule has 1 aromatic carbocycles. The Morgan fingerprint density at radius 3 is 2.92 bits per heavy atom. The largest absolute Gasteiger partial charge is 0.383 e. The van der Waals surface area contributed by atoms with Crippen molar-refractivity contribution < 1.29 is 13.9 Å². The Labute approximate surface area is 143 Å². The van der Waals surface area contributed by atoms with E-state index in [0.717, 1.165) is 0 Å². The fourth-order valence-electron chi connectivity index (χ4n) is 2.23. The number of aromatic nitrogens is 4. The van der Waals surface area contributed by atoms with E-state index in [2.05, 4.69) is 20.8 Å². The lowest BCUT2D eigenvalue weighted by Crippen LogP contribution is -2.21. The predicted octanol–water partition coefficient (Wildman–Crippen LogP) is 2.50. The minimum Gasteiger partial charge on any atom is -0.383 e. The number of halogens is 1. The molecule has 0 aliphatic carbocycles. The minimum atomic E-state index is -0.531. The van der Waals surface area contributed by atoms with Crippen molar-refractivity contribution in [3.63, 3.8) is 0 Å². The van der Waals surface area contributed by atoms with Crippen LogP contribution in [0.4, 0.5) is 20.7 Å². The average molecular weight is 344 g/mol. The number of ether oxygens (including phenoxy) is 1. The topological polar surface area (TPSA) is 86.0 Å². The molecule has 0 bridgehead atoms. The fourth-order valence-corrected chi connectivity index (χ4v) is 2.23. The summed E-state index contributed by atoms with van der Waals surface area (Å²) >= 11 is 0. The molecule has 0 aliphatic heterocycles. The minimum absolute atomic E-state index is 0.292. The Kier molecular flexibility index (Phi) is 5.05. The molecule has 0 aliphatic rings. The second-order valence-corrected chi connectivity index (χ2v) is 5.15. The van der Waals surface area contributed by atoms with Gasteiger partial charge >= 0.3 is 6.03 Å². The molecular formula is C16H17FN6O2. The van der Waals surface area contributed by atoms with Crippen LogP contribution >= 0.6 is 0 Å². The fraction of sp³-hybridized carbons (Fsp3) is 0.188. The van der Waals surface area contributed by atoms with Crippen molar-refractivity contribution in [1.29, 1.82) is 0 Å². The zero-order valence-electron chi connectivity index (χ0n) is 13.5. The Hall–Kier alpha value is -3.20. The SMILES string of the molecule is COCCn1ccc(NC(=O)Nc2cc(F)ccc2-n2cccn2)n1. The standard InChI is InChI=1S/C16H17FN6O2/c1-25-10-9-22-8-5-15(21-22)20-16(24)19-13-11-12(17)3-4-14(13)23-7-2-6-18-23/h2-8,11H,9-10H2,1H3,(H2,19,20,21,24). The number of anilines is 2. The van der Waals surface area contributed by atoms with E-state index in [9.17, 15) is 9.18 Å². The number of urea groups is 1. The number of rotatable bonds is 6. The number of nitrogens with zero attached hydrogens (tertiary/aromatic N) is 4. The lowest BCUT2D eigenvalue weighted by Gasteiger charge is -2.11. The summed E-state index contributed by atoms with van der Waals surface area (Å²) in [5, 5.41) is 13.5. The first-order chi connectivity index (χ1) is 12.2. The van der Waals surface area contributed by atoms with Crippen LogP contribution in [-0.2, 0) is 11.3 Å². The average Bonchev–Trinajstić information content (AvgIpc) is 3.25. The third-order valence-corrected chi connectivity index (χ3v) is 3.36. The van der Waals surface area contributed by atoms with Gasteiger partial charge in [-0.25, -0.2) is 13.9 Å². The molecule has 8 nitrogen and oxygen atoms in total. The van der Waals surface area contributed by atoms with Crippen LogP contribution in [0.3, 0.4) is 0 Å². The number of hydrogen-bond acceptors (Lipinski definition) is 4. The molecule has 0 unspecified atom stereocenters. The molecule has 2 N–H and O–H groups in total. The van der Waals surface area contributed by atoms with E-state index < -0.39 is 11.8 Å². The van der Waals surface area contributed by atoms with Gasteiger partial charge in [-0.15, -0.1) is 0 Å². The van der Waals surface area contributed by atoms with E-state index in [0.29, 0.717) is 30.3 Å². The van der Waals surface area contributed by atoms with E-state index in [1.807, 2.05) is 0 Å². The lowest BCUT2D eigenvalue weighted by molar-refractivity contribution is 0.183. The molecule has 3 aromatic rings. The normalized spacial score (nSPS) is 10.6. The van der Waals surface area contributed by atoms with Crippen LogP contribution in [0.1, 0.15) is 0 Å². The lowest BCUT2D eigenvalue weighted by atomic mass is 10.2. The van der Waals surface area contributed by atoms with Crippen LogP contribution in [-0.4, -0.2) is 39.3 Å². The second-order valence-electron chi connectivity index (χ2n) is 5.15. The summed E-state index contributed by atoms with van der Waals surface area (Å²) in [6.07, 6.45) is 5.03. The smallest absolute Gasteiger partial charge is 0.324 e. The summed E-state index contributed by atoms with van der Waals surface area (Å²) in [6.45, 7) is 1.09. The van der Waals surface area contributed by atoms with Crippen molar-refractivity contribution in [3.8, 4) is 5.69 Å². The van der Waals surface area contributed by atoms with Crippen molar-refractivity contribution >= 4 is 17.5 Å². The van der Waals surface area contributed by atoms with Crippen LogP contribution in [0.2, 0.25) is 0 Å². The van der Waals surface area contributed by atoms with Gasteiger partial charge in [0.05, 0.1) is 24.5 Å². The number of methoxy groups -OCH3 is 1. The molecule has 2 aromatic heterocycles. The van der Waals surface area contributed by atoms with E-state index in [1.165, 1.54) is 22.9 Å². The van der Waals surface area contributed by atoms with Gasteiger partial charge in [-0.3, -0.25) is 10.00 Å². The van der Waals surface area contributed by atoms with Crippen LogP contribution in [0, 0.1) is 5.82 Å². The van der Waals surface area contributed by atoms with Crippen LogP contribution in [0.25, 0.3) is 5.69 Å². The van der Waals surface area contributed by atoms with E-state index >= 15 is 0 Å². The van der Waals surface area contributed by atoms with Gasteiger partial charge in [0.25, 0.3) is 0 Å². The summed E-state index contributed by atoms with van der Waals surface area (Å²) in [5.41, 5.74) is 0.840. The zero-order valence-corrected chi connectivity index (χ0v) is 13.5. The first-order valence-corrected chi connectivity index (χ1v) is 7.55. The molecule has 130 valence electrons. The number of nitrogens with one attached hydrogen (secondary N) is 2. The molecule has 0 saturated carbocycles. The third kappa shape index (κ3) is 4.21.